The van der Waals surface area contributed by atoms with Gasteiger partial charge < -0.3 is 9.47 Å². The van der Waals surface area contributed by atoms with Gasteiger partial charge in [-0.15, -0.1) is 0 Å². The van der Waals surface area contributed by atoms with Gasteiger partial charge in [0.2, 0.25) is 0 Å². The molecule has 2 aliphatic carbocycles. The molecule has 0 saturated carbocycles. The maximum atomic E-state index is 4.73. The van der Waals surface area contributed by atoms with E-state index in [0.29, 0.717) is 0 Å². The van der Waals surface area contributed by atoms with Crippen LogP contribution < -0.4 is 9.80 Å². The Balaban J connectivity index is 0.907. The van der Waals surface area contributed by atoms with E-state index < -0.39 is 10.8 Å². The van der Waals surface area contributed by atoms with Crippen LogP contribution in [0.5, 0.6) is 0 Å². The second-order valence-electron chi connectivity index (χ2n) is 21.7. The van der Waals surface area contributed by atoms with Gasteiger partial charge in [-0.05, 0) is 166 Å². The monoisotopic (exact) mass is 1020 g/mol. The van der Waals surface area contributed by atoms with Gasteiger partial charge >= 0.3 is 0 Å². The number of rotatable bonds is 11. The molecule has 5 nitrogen and oxygen atoms in total. The van der Waals surface area contributed by atoms with Crippen LogP contribution in [-0.2, 0) is 16.4 Å². The SMILES string of the molecule is CC(C)(C)n1c(-c2ccc(N(c3cccnc3)c3ccc4c(c3)C(c3ccccc3)(c3ccccc3)c3ccccc3-4)cc2)ccc1N(c1cccnc1)c1ccc2c(c1)C(c1ccccc1)(c1ccccc1)c1ccccc1-2. The van der Waals surface area contributed by atoms with Gasteiger partial charge in [-0.2, -0.15) is 0 Å². The summed E-state index contributed by atoms with van der Waals surface area (Å²) in [4.78, 5) is 14.1. The highest BCUT2D eigenvalue weighted by molar-refractivity contribution is 5.92. The van der Waals surface area contributed by atoms with Gasteiger partial charge in [0.15, 0.2) is 0 Å². The molecule has 2 aliphatic rings. The molecular formula is C74H57N5. The third-order valence-corrected chi connectivity index (χ3v) is 16.4. The normalized spacial score (nSPS) is 13.5. The molecule has 0 unspecified atom stereocenters. The Hall–Kier alpha value is -9.84. The molecule has 0 atom stereocenters. The zero-order chi connectivity index (χ0) is 53.1. The Morgan fingerprint density at radius 1 is 0.329 bits per heavy atom. The summed E-state index contributed by atoms with van der Waals surface area (Å²) in [6, 6.07) is 98.0. The van der Waals surface area contributed by atoms with Crippen molar-refractivity contribution in [2.24, 2.45) is 0 Å². The second kappa shape index (κ2) is 19.0. The number of hydrogen-bond donors (Lipinski definition) is 0. The van der Waals surface area contributed by atoms with Gasteiger partial charge in [0.25, 0.3) is 0 Å². The van der Waals surface area contributed by atoms with E-state index in [1.807, 2.05) is 36.9 Å². The topological polar surface area (TPSA) is 37.2 Å². The first kappa shape index (κ1) is 47.6. The molecule has 3 heterocycles. The Labute approximate surface area is 463 Å². The van der Waals surface area contributed by atoms with E-state index in [2.05, 4.69) is 295 Å². The average Bonchev–Trinajstić information content (AvgIpc) is 4.22. The van der Waals surface area contributed by atoms with Gasteiger partial charge in [-0.1, -0.05) is 194 Å². The molecule has 9 aromatic carbocycles. The van der Waals surface area contributed by atoms with E-state index in [0.717, 1.165) is 45.5 Å². The Bertz CT molecular complexity index is 4070. The van der Waals surface area contributed by atoms with Gasteiger partial charge in [0.1, 0.15) is 5.82 Å². The highest BCUT2D eigenvalue weighted by atomic mass is 15.3. The summed E-state index contributed by atoms with van der Waals surface area (Å²) in [5, 5.41) is 0. The first-order valence-electron chi connectivity index (χ1n) is 27.3. The lowest BCUT2D eigenvalue weighted by Gasteiger charge is -2.36. The van der Waals surface area contributed by atoms with Crippen molar-refractivity contribution in [2.45, 2.75) is 37.1 Å². The van der Waals surface area contributed by atoms with Crippen LogP contribution in [0.25, 0.3) is 33.5 Å². The lowest BCUT2D eigenvalue weighted by Crippen LogP contribution is -2.29. The second-order valence-corrected chi connectivity index (χ2v) is 21.7. The Morgan fingerprint density at radius 2 is 0.722 bits per heavy atom. The molecule has 3 aromatic heterocycles. The third-order valence-electron chi connectivity index (χ3n) is 16.4. The molecule has 0 saturated heterocycles. The molecule has 0 radical (unpaired) electrons. The van der Waals surface area contributed by atoms with Crippen LogP contribution in [0, 0.1) is 0 Å². The molecule has 0 aliphatic heterocycles. The third kappa shape index (κ3) is 7.52. The largest absolute Gasteiger partial charge is 0.322 e. The minimum Gasteiger partial charge on any atom is -0.322 e. The van der Waals surface area contributed by atoms with Crippen LogP contribution >= 0.6 is 0 Å². The maximum Gasteiger partial charge on any atom is 0.118 e. The van der Waals surface area contributed by atoms with Crippen LogP contribution in [0.15, 0.2) is 292 Å². The lowest BCUT2D eigenvalue weighted by atomic mass is 9.67. The van der Waals surface area contributed by atoms with E-state index in [4.69, 9.17) is 4.98 Å². The number of aromatic nitrogens is 3. The average molecular weight is 1020 g/mol. The van der Waals surface area contributed by atoms with Crippen molar-refractivity contribution < 1.29 is 0 Å². The van der Waals surface area contributed by atoms with Gasteiger partial charge in [-0.3, -0.25) is 14.9 Å². The predicted octanol–water partition coefficient (Wildman–Crippen LogP) is 18.4. The fourth-order valence-corrected chi connectivity index (χ4v) is 13.3. The first-order chi connectivity index (χ1) is 38.8. The summed E-state index contributed by atoms with van der Waals surface area (Å²) in [5.74, 6) is 1.04. The number of nitrogens with zero attached hydrogens (tertiary/aromatic N) is 5. The molecule has 0 amide bonds. The molecule has 0 bridgehead atoms. The van der Waals surface area contributed by atoms with Crippen LogP contribution in [0.4, 0.5) is 34.3 Å². The molecule has 12 aromatic rings. The number of anilines is 6. The minimum absolute atomic E-state index is 0.341. The number of fused-ring (bicyclic) bond motifs is 6. The van der Waals surface area contributed by atoms with Crippen molar-refractivity contribution in [3.63, 3.8) is 0 Å². The zero-order valence-corrected chi connectivity index (χ0v) is 44.4. The highest BCUT2D eigenvalue weighted by Crippen LogP contribution is 2.59. The summed E-state index contributed by atoms with van der Waals surface area (Å²) in [5.41, 5.74) is 20.9. The molecule has 0 fully saturated rings. The maximum absolute atomic E-state index is 4.73. The molecule has 5 heteroatoms. The van der Waals surface area contributed by atoms with Gasteiger partial charge in [-0.25, -0.2) is 0 Å². The van der Waals surface area contributed by atoms with Gasteiger partial charge in [0, 0.05) is 35.0 Å². The molecule has 0 N–H and O–H groups in total. The number of pyridine rings is 2. The number of hydrogen-bond acceptors (Lipinski definition) is 4. The summed E-state index contributed by atoms with van der Waals surface area (Å²) in [6.07, 6.45) is 7.64. The summed E-state index contributed by atoms with van der Waals surface area (Å²) >= 11 is 0. The smallest absolute Gasteiger partial charge is 0.118 e. The fourth-order valence-electron chi connectivity index (χ4n) is 13.3. The highest BCUT2D eigenvalue weighted by Gasteiger charge is 2.48. The van der Waals surface area contributed by atoms with Crippen molar-refractivity contribution in [2.75, 3.05) is 9.80 Å². The first-order valence-corrected chi connectivity index (χ1v) is 27.3. The summed E-state index contributed by atoms with van der Waals surface area (Å²) < 4.78 is 2.49. The van der Waals surface area contributed by atoms with Crippen LogP contribution in [-0.4, -0.2) is 14.5 Å². The summed E-state index contributed by atoms with van der Waals surface area (Å²) in [6.45, 7) is 6.89. The molecule has 14 rings (SSSR count). The Morgan fingerprint density at radius 3 is 1.15 bits per heavy atom. The fraction of sp³-hybridized carbons (Fsp3) is 0.0811. The van der Waals surface area contributed by atoms with Crippen molar-refractivity contribution in [1.29, 1.82) is 0 Å². The lowest BCUT2D eigenvalue weighted by molar-refractivity contribution is 0.406. The number of benzene rings is 9. The van der Waals surface area contributed by atoms with E-state index in [1.54, 1.807) is 0 Å². The molecule has 79 heavy (non-hydrogen) atoms. The van der Waals surface area contributed by atoms with Crippen molar-refractivity contribution in [3.05, 3.63) is 336 Å². The van der Waals surface area contributed by atoms with Crippen LogP contribution in [0.1, 0.15) is 65.3 Å². The van der Waals surface area contributed by atoms with Crippen molar-refractivity contribution in [1.82, 2.24) is 14.5 Å². The quantitative estimate of drug-likeness (QED) is 0.129. The van der Waals surface area contributed by atoms with Crippen molar-refractivity contribution in [3.8, 4) is 33.5 Å². The minimum atomic E-state index is -0.550. The predicted molar refractivity (Wildman–Crippen MR) is 324 cm³/mol. The van der Waals surface area contributed by atoms with Gasteiger partial charge in [0.05, 0.1) is 40.3 Å². The van der Waals surface area contributed by atoms with E-state index >= 15 is 0 Å². The molecule has 0 spiro atoms. The van der Waals surface area contributed by atoms with Crippen LogP contribution in [0.3, 0.4) is 0 Å². The standard InChI is InChI=1S/C74H57N5/c1-72(2,3)79-70(44-45-71(79)78(61-31-21-47-76-51-61)59-41-43-65-63-33-17-19-35-67(63)74(69(65)49-59,55-26-12-6-13-27-55)56-28-14-7-15-29-56)52-36-38-57(39-37-52)77(60-30-20-46-75-50-60)58-40-42-64-62-32-16-18-34-66(62)73(68(64)48-58,53-22-8-4-9-23-53)54-24-10-5-11-25-54/h4-51H,1-3H3. The van der Waals surface area contributed by atoms with E-state index in [-0.39, 0.29) is 5.54 Å². The van der Waals surface area contributed by atoms with E-state index in [9.17, 15) is 0 Å². The Kier molecular flexibility index (Phi) is 11.5. The zero-order valence-electron chi connectivity index (χ0n) is 44.4. The molecule has 378 valence electrons. The van der Waals surface area contributed by atoms with E-state index in [1.165, 1.54) is 66.8 Å². The summed E-state index contributed by atoms with van der Waals surface area (Å²) in [7, 11) is 0. The van der Waals surface area contributed by atoms with Crippen molar-refractivity contribution >= 4 is 34.3 Å². The van der Waals surface area contributed by atoms with Crippen LogP contribution in [0.2, 0.25) is 0 Å². The molecular weight excluding hydrogens is 959 g/mol.